The maximum atomic E-state index is 4.68. The van der Waals surface area contributed by atoms with Gasteiger partial charge in [-0.15, -0.1) is 0 Å². The van der Waals surface area contributed by atoms with E-state index in [1.54, 1.807) is 0 Å². The van der Waals surface area contributed by atoms with Crippen LogP contribution in [0.4, 0.5) is 0 Å². The Kier molecular flexibility index (Phi) is 4.56. The number of hydrogen-bond acceptors (Lipinski definition) is 2. The minimum atomic E-state index is 0.423. The minimum Gasteiger partial charge on any atom is -0.359 e. The van der Waals surface area contributed by atoms with Crippen molar-refractivity contribution in [2.45, 2.75) is 63.8 Å². The molecule has 1 aliphatic heterocycles. The summed E-state index contributed by atoms with van der Waals surface area (Å²) in [5, 5.41) is 4.92. The van der Waals surface area contributed by atoms with Crippen molar-refractivity contribution in [3.05, 3.63) is 0 Å². The number of aliphatic imine (C=N–C) groups is 1. The smallest absolute Gasteiger partial charge is 0.157 e. The van der Waals surface area contributed by atoms with E-state index in [0.29, 0.717) is 5.54 Å². The van der Waals surface area contributed by atoms with Crippen molar-refractivity contribution in [3.8, 4) is 0 Å². The van der Waals surface area contributed by atoms with Crippen LogP contribution in [-0.2, 0) is 0 Å². The third kappa shape index (κ3) is 3.16. The minimum absolute atomic E-state index is 0.423. The Bertz CT molecular complexity index is 244. The lowest BCUT2D eigenvalue weighted by molar-refractivity contribution is 0.303. The van der Waals surface area contributed by atoms with Crippen LogP contribution in [-0.4, -0.2) is 23.0 Å². The molecule has 3 heteroatoms. The average Bonchev–Trinajstić information content (AvgIpc) is 2.69. The monoisotopic (exact) mass is 240 g/mol. The summed E-state index contributed by atoms with van der Waals surface area (Å²) in [5.41, 5.74) is 0.423. The summed E-state index contributed by atoms with van der Waals surface area (Å²) >= 11 is 1.94. The quantitative estimate of drug-likeness (QED) is 0.760. The molecule has 0 unspecified atom stereocenters. The van der Waals surface area contributed by atoms with Gasteiger partial charge in [0, 0.05) is 17.8 Å². The van der Waals surface area contributed by atoms with Crippen LogP contribution >= 0.6 is 11.8 Å². The summed E-state index contributed by atoms with van der Waals surface area (Å²) in [6, 6.07) is 0. The highest BCUT2D eigenvalue weighted by Gasteiger charge is 2.37. The molecule has 2 fully saturated rings. The molecule has 2 aliphatic rings. The lowest BCUT2D eigenvalue weighted by Gasteiger charge is -2.32. The predicted molar refractivity (Wildman–Crippen MR) is 73.2 cm³/mol. The van der Waals surface area contributed by atoms with E-state index < -0.39 is 0 Å². The van der Waals surface area contributed by atoms with E-state index in [2.05, 4.69) is 17.2 Å². The molecule has 1 spiro atoms. The van der Waals surface area contributed by atoms with Crippen LogP contribution in [0.5, 0.6) is 0 Å². The first-order valence-electron chi connectivity index (χ1n) is 6.80. The fraction of sp³-hybridized carbons (Fsp3) is 0.923. The zero-order chi connectivity index (χ0) is 11.3. The molecule has 0 aromatic rings. The Balaban J connectivity index is 1.77. The van der Waals surface area contributed by atoms with Gasteiger partial charge in [0.05, 0.1) is 0 Å². The van der Waals surface area contributed by atoms with Crippen LogP contribution in [0.2, 0.25) is 0 Å². The Morgan fingerprint density at radius 2 is 2.06 bits per heavy atom. The van der Waals surface area contributed by atoms with Crippen LogP contribution in [0.25, 0.3) is 0 Å². The number of amidine groups is 1. The summed E-state index contributed by atoms with van der Waals surface area (Å²) in [5.74, 6) is 1.25. The van der Waals surface area contributed by atoms with Crippen molar-refractivity contribution < 1.29 is 0 Å². The molecule has 92 valence electrons. The lowest BCUT2D eigenvalue weighted by atomic mass is 9.83. The first-order chi connectivity index (χ1) is 7.85. The predicted octanol–water partition coefficient (Wildman–Crippen LogP) is 3.57. The Hall–Kier alpha value is -0.180. The van der Waals surface area contributed by atoms with Gasteiger partial charge in [-0.1, -0.05) is 50.8 Å². The zero-order valence-electron chi connectivity index (χ0n) is 10.4. The average molecular weight is 240 g/mol. The molecule has 1 N–H and O–H groups in total. The molecule has 0 bridgehead atoms. The van der Waals surface area contributed by atoms with Gasteiger partial charge in [0.1, 0.15) is 0 Å². The second-order valence-electron chi connectivity index (χ2n) is 5.15. The van der Waals surface area contributed by atoms with E-state index in [0.717, 1.165) is 6.54 Å². The summed E-state index contributed by atoms with van der Waals surface area (Å²) in [6.07, 6.45) is 10.8. The number of unbranched alkanes of at least 4 members (excludes halogenated alkanes) is 2. The van der Waals surface area contributed by atoms with E-state index in [9.17, 15) is 0 Å². The van der Waals surface area contributed by atoms with E-state index >= 15 is 0 Å². The molecule has 2 rings (SSSR count). The maximum absolute atomic E-state index is 4.68. The Labute approximate surface area is 104 Å². The molecular formula is C13H24N2S. The number of nitrogens with zero attached hydrogens (tertiary/aromatic N) is 1. The molecule has 2 nitrogen and oxygen atoms in total. The molecule has 0 aromatic heterocycles. The number of rotatable bonds is 4. The first-order valence-corrected chi connectivity index (χ1v) is 7.79. The number of hydrogen-bond donors (Lipinski definition) is 1. The molecule has 16 heavy (non-hydrogen) atoms. The summed E-state index contributed by atoms with van der Waals surface area (Å²) < 4.78 is 0. The second-order valence-corrected chi connectivity index (χ2v) is 6.11. The molecule has 0 aromatic carbocycles. The van der Waals surface area contributed by atoms with Crippen LogP contribution in [0.1, 0.15) is 58.3 Å². The largest absolute Gasteiger partial charge is 0.359 e. The molecule has 1 heterocycles. The highest BCUT2D eigenvalue weighted by Crippen LogP contribution is 2.36. The van der Waals surface area contributed by atoms with Crippen molar-refractivity contribution >= 4 is 16.9 Å². The second kappa shape index (κ2) is 5.95. The van der Waals surface area contributed by atoms with Gasteiger partial charge in [-0.3, -0.25) is 4.99 Å². The molecule has 0 atom stereocenters. The number of nitrogens with one attached hydrogen (secondary N) is 1. The van der Waals surface area contributed by atoms with Crippen LogP contribution in [0, 0.1) is 0 Å². The topological polar surface area (TPSA) is 24.4 Å². The van der Waals surface area contributed by atoms with Crippen molar-refractivity contribution in [1.29, 1.82) is 0 Å². The zero-order valence-corrected chi connectivity index (χ0v) is 11.2. The first kappa shape index (κ1) is 12.3. The summed E-state index contributed by atoms with van der Waals surface area (Å²) in [6.45, 7) is 3.26. The normalized spacial score (nSPS) is 26.2. The van der Waals surface area contributed by atoms with Gasteiger partial charge in [-0.2, -0.15) is 0 Å². The van der Waals surface area contributed by atoms with Crippen molar-refractivity contribution in [2.24, 2.45) is 4.99 Å². The Morgan fingerprint density at radius 3 is 2.81 bits per heavy atom. The standard InChI is InChI=1S/C13H24N2S/c1-2-3-7-10-14-12-15-13(11-16-12)8-5-4-6-9-13/h2-11H2,1H3,(H,14,15). The Morgan fingerprint density at radius 1 is 1.25 bits per heavy atom. The maximum Gasteiger partial charge on any atom is 0.157 e. The van der Waals surface area contributed by atoms with E-state index in [1.807, 2.05) is 11.8 Å². The summed E-state index contributed by atoms with van der Waals surface area (Å²) in [4.78, 5) is 4.68. The van der Waals surface area contributed by atoms with Gasteiger partial charge in [-0.05, 0) is 19.3 Å². The van der Waals surface area contributed by atoms with Gasteiger partial charge >= 0.3 is 0 Å². The van der Waals surface area contributed by atoms with Gasteiger partial charge in [-0.25, -0.2) is 0 Å². The lowest BCUT2D eigenvalue weighted by Crippen LogP contribution is -2.45. The third-order valence-corrected chi connectivity index (χ3v) is 4.89. The van der Waals surface area contributed by atoms with E-state index in [4.69, 9.17) is 0 Å². The molecule has 0 radical (unpaired) electrons. The van der Waals surface area contributed by atoms with Crippen molar-refractivity contribution in [3.63, 3.8) is 0 Å². The SMILES string of the molecule is CCCCCN=C1NC2(CCCCC2)CS1. The molecule has 1 saturated carbocycles. The van der Waals surface area contributed by atoms with Gasteiger partial charge < -0.3 is 5.32 Å². The van der Waals surface area contributed by atoms with Crippen molar-refractivity contribution in [1.82, 2.24) is 5.32 Å². The molecule has 1 saturated heterocycles. The molecule has 1 aliphatic carbocycles. The van der Waals surface area contributed by atoms with Crippen LogP contribution < -0.4 is 5.32 Å². The number of thioether (sulfide) groups is 1. The highest BCUT2D eigenvalue weighted by atomic mass is 32.2. The van der Waals surface area contributed by atoms with Gasteiger partial charge in [0.15, 0.2) is 5.17 Å². The third-order valence-electron chi connectivity index (χ3n) is 3.69. The summed E-state index contributed by atoms with van der Waals surface area (Å²) in [7, 11) is 0. The van der Waals surface area contributed by atoms with E-state index in [-0.39, 0.29) is 0 Å². The van der Waals surface area contributed by atoms with Crippen molar-refractivity contribution in [2.75, 3.05) is 12.3 Å². The van der Waals surface area contributed by atoms with E-state index in [1.165, 1.54) is 62.3 Å². The van der Waals surface area contributed by atoms with Gasteiger partial charge in [0.2, 0.25) is 0 Å². The van der Waals surface area contributed by atoms with Crippen LogP contribution in [0.3, 0.4) is 0 Å². The van der Waals surface area contributed by atoms with Crippen LogP contribution in [0.15, 0.2) is 4.99 Å². The van der Waals surface area contributed by atoms with Gasteiger partial charge in [0.25, 0.3) is 0 Å². The fourth-order valence-electron chi connectivity index (χ4n) is 2.63. The fourth-order valence-corrected chi connectivity index (χ4v) is 3.88. The molecular weight excluding hydrogens is 216 g/mol. The highest BCUT2D eigenvalue weighted by molar-refractivity contribution is 8.14. The molecule has 0 amide bonds.